The predicted molar refractivity (Wildman–Crippen MR) is 53.2 cm³/mol. The third-order valence-electron chi connectivity index (χ3n) is 2.01. The van der Waals surface area contributed by atoms with Gasteiger partial charge >= 0.3 is 12.1 Å². The second-order valence-electron chi connectivity index (χ2n) is 3.13. The Morgan fingerprint density at radius 2 is 2.00 bits per heavy atom. The van der Waals surface area contributed by atoms with Gasteiger partial charge in [0.1, 0.15) is 10.5 Å². The van der Waals surface area contributed by atoms with Gasteiger partial charge in [0.05, 0.1) is 5.39 Å². The number of fused-ring (bicyclic) bond motifs is 1. The minimum Gasteiger partial charge on any atom is -0.505 e. The highest BCUT2D eigenvalue weighted by Gasteiger charge is 2.33. The molecule has 2 N–H and O–H groups in total. The fourth-order valence-electron chi connectivity index (χ4n) is 1.27. The maximum Gasteiger partial charge on any atom is 0.433 e. The summed E-state index contributed by atoms with van der Waals surface area (Å²) in [4.78, 5) is 13.4. The smallest absolute Gasteiger partial charge is 0.433 e. The van der Waals surface area contributed by atoms with Gasteiger partial charge in [0.15, 0.2) is 10.6 Å². The summed E-state index contributed by atoms with van der Waals surface area (Å²) in [6.45, 7) is 0. The molecule has 0 saturated carbocycles. The zero-order chi connectivity index (χ0) is 12.8. The van der Waals surface area contributed by atoms with Gasteiger partial charge in [-0.25, -0.2) is 9.78 Å². The lowest BCUT2D eigenvalue weighted by Gasteiger charge is -2.04. The molecule has 17 heavy (non-hydrogen) atoms. The number of nitrogens with zero attached hydrogens (tertiary/aromatic N) is 1. The predicted octanol–water partition coefficient (Wildman–Crippen LogP) is 2.72. The van der Waals surface area contributed by atoms with E-state index in [0.717, 1.165) is 6.07 Å². The number of aromatic carboxylic acids is 1. The molecule has 0 aliphatic heterocycles. The Kier molecular flexibility index (Phi) is 2.46. The highest BCUT2D eigenvalue weighted by atomic mass is 32.1. The molecule has 2 aromatic heterocycles. The van der Waals surface area contributed by atoms with Crippen LogP contribution in [-0.4, -0.2) is 21.2 Å². The van der Waals surface area contributed by atoms with Crippen LogP contribution in [0, 0.1) is 0 Å². The summed E-state index contributed by atoms with van der Waals surface area (Å²) in [6, 6.07) is 1.70. The van der Waals surface area contributed by atoms with E-state index in [-0.39, 0.29) is 10.2 Å². The molecule has 8 heteroatoms. The molecule has 0 aromatic carbocycles. The van der Waals surface area contributed by atoms with Crippen molar-refractivity contribution >= 4 is 27.5 Å². The Bertz CT molecular complexity index is 605. The van der Waals surface area contributed by atoms with E-state index >= 15 is 0 Å². The standard InChI is InChI=1S/C9H4F3NO3S/c10-9(11,12)4-2-1-3-5(14)6(8(15)16)17-7(3)13-4/h1-2,14H,(H,15,16). The third kappa shape index (κ3) is 1.91. The average molecular weight is 263 g/mol. The molecule has 0 spiro atoms. The van der Waals surface area contributed by atoms with Gasteiger partial charge in [0, 0.05) is 0 Å². The van der Waals surface area contributed by atoms with Gasteiger partial charge in [-0.05, 0) is 12.1 Å². The molecule has 0 fully saturated rings. The van der Waals surface area contributed by atoms with Crippen molar-refractivity contribution < 1.29 is 28.2 Å². The topological polar surface area (TPSA) is 70.4 Å². The summed E-state index contributed by atoms with van der Waals surface area (Å²) in [7, 11) is 0. The van der Waals surface area contributed by atoms with Crippen LogP contribution >= 0.6 is 11.3 Å². The maximum atomic E-state index is 12.3. The molecule has 2 heterocycles. The zero-order valence-electron chi connectivity index (χ0n) is 7.95. The molecule has 0 unspecified atom stereocenters. The number of rotatable bonds is 1. The Balaban J connectivity index is 2.68. The Labute approximate surface area is 95.9 Å². The van der Waals surface area contributed by atoms with Crippen LogP contribution in [0.5, 0.6) is 5.75 Å². The van der Waals surface area contributed by atoms with Gasteiger partial charge in [-0.3, -0.25) is 0 Å². The van der Waals surface area contributed by atoms with Crippen molar-refractivity contribution in [1.82, 2.24) is 4.98 Å². The molecule has 90 valence electrons. The summed E-state index contributed by atoms with van der Waals surface area (Å²) in [5.41, 5.74) is -1.12. The van der Waals surface area contributed by atoms with Gasteiger partial charge in [-0.1, -0.05) is 0 Å². The molecule has 0 atom stereocenters. The van der Waals surface area contributed by atoms with Crippen LogP contribution in [0.1, 0.15) is 15.4 Å². The van der Waals surface area contributed by atoms with Crippen molar-refractivity contribution in [2.45, 2.75) is 6.18 Å². The summed E-state index contributed by atoms with van der Waals surface area (Å²) in [6.07, 6.45) is -4.60. The van der Waals surface area contributed by atoms with Crippen molar-refractivity contribution in [1.29, 1.82) is 0 Å². The SMILES string of the molecule is O=C(O)c1sc2nc(C(F)(F)F)ccc2c1O. The number of halogens is 3. The second kappa shape index (κ2) is 3.59. The highest BCUT2D eigenvalue weighted by Crippen LogP contribution is 2.38. The van der Waals surface area contributed by atoms with Crippen LogP contribution in [0.15, 0.2) is 12.1 Å². The van der Waals surface area contributed by atoms with E-state index in [1.54, 1.807) is 0 Å². The lowest BCUT2D eigenvalue weighted by Crippen LogP contribution is -2.06. The van der Waals surface area contributed by atoms with Crippen LogP contribution in [0.25, 0.3) is 10.2 Å². The van der Waals surface area contributed by atoms with Crippen molar-refractivity contribution in [3.05, 3.63) is 22.7 Å². The molecule has 0 bridgehead atoms. The maximum absolute atomic E-state index is 12.3. The average Bonchev–Trinajstić information content (AvgIpc) is 2.54. The van der Waals surface area contributed by atoms with E-state index in [4.69, 9.17) is 5.11 Å². The lowest BCUT2D eigenvalue weighted by atomic mass is 10.2. The molecular formula is C9H4F3NO3S. The van der Waals surface area contributed by atoms with E-state index in [1.807, 2.05) is 0 Å². The minimum absolute atomic E-state index is 0.000370. The molecule has 2 aromatic rings. The number of carboxylic acids is 1. The third-order valence-corrected chi connectivity index (χ3v) is 3.09. The Hall–Kier alpha value is -1.83. The number of carbonyl (C=O) groups is 1. The first-order chi connectivity index (χ1) is 7.80. The summed E-state index contributed by atoms with van der Waals surface area (Å²) < 4.78 is 37.0. The van der Waals surface area contributed by atoms with Gasteiger partial charge in [0.2, 0.25) is 0 Å². The van der Waals surface area contributed by atoms with Crippen LogP contribution < -0.4 is 0 Å². The fourth-order valence-corrected chi connectivity index (χ4v) is 2.17. The number of alkyl halides is 3. The molecular weight excluding hydrogens is 259 g/mol. The monoisotopic (exact) mass is 263 g/mol. The molecule has 0 aliphatic rings. The molecule has 0 saturated heterocycles. The Morgan fingerprint density at radius 3 is 2.53 bits per heavy atom. The fraction of sp³-hybridized carbons (Fsp3) is 0.111. The van der Waals surface area contributed by atoms with Crippen LogP contribution in [0.2, 0.25) is 0 Å². The van der Waals surface area contributed by atoms with E-state index in [2.05, 4.69) is 4.98 Å². The summed E-state index contributed by atoms with van der Waals surface area (Å²) >= 11 is 0.502. The van der Waals surface area contributed by atoms with Crippen LogP contribution in [0.3, 0.4) is 0 Å². The number of aromatic hydroxyl groups is 1. The molecule has 0 aliphatic carbocycles. The van der Waals surface area contributed by atoms with Gasteiger partial charge in [-0.15, -0.1) is 11.3 Å². The van der Waals surface area contributed by atoms with Gasteiger partial charge in [-0.2, -0.15) is 13.2 Å². The number of hydrogen-bond acceptors (Lipinski definition) is 4. The molecule has 0 radical (unpaired) electrons. The van der Waals surface area contributed by atoms with Crippen molar-refractivity contribution in [2.24, 2.45) is 0 Å². The second-order valence-corrected chi connectivity index (χ2v) is 4.13. The zero-order valence-corrected chi connectivity index (χ0v) is 8.76. The first kappa shape index (κ1) is 11.6. The molecule has 4 nitrogen and oxygen atoms in total. The van der Waals surface area contributed by atoms with E-state index in [9.17, 15) is 23.1 Å². The quantitative estimate of drug-likeness (QED) is 0.829. The van der Waals surface area contributed by atoms with Crippen molar-refractivity contribution in [2.75, 3.05) is 0 Å². The van der Waals surface area contributed by atoms with Crippen LogP contribution in [0.4, 0.5) is 13.2 Å². The van der Waals surface area contributed by atoms with Gasteiger partial charge < -0.3 is 10.2 Å². The van der Waals surface area contributed by atoms with Crippen molar-refractivity contribution in [3.63, 3.8) is 0 Å². The summed E-state index contributed by atoms with van der Waals surface area (Å²) in [5, 5.41) is 18.2. The first-order valence-corrected chi connectivity index (χ1v) is 5.05. The number of carboxylic acid groups (broad SMARTS) is 1. The number of pyridine rings is 1. The van der Waals surface area contributed by atoms with E-state index in [0.29, 0.717) is 17.4 Å². The largest absolute Gasteiger partial charge is 0.505 e. The van der Waals surface area contributed by atoms with Gasteiger partial charge in [0.25, 0.3) is 0 Å². The normalized spacial score (nSPS) is 11.9. The first-order valence-electron chi connectivity index (χ1n) is 4.23. The molecule has 0 amide bonds. The number of thiophene rings is 1. The molecule has 2 rings (SSSR count). The lowest BCUT2D eigenvalue weighted by molar-refractivity contribution is -0.140. The summed E-state index contributed by atoms with van der Waals surface area (Å²) in [5.74, 6) is -1.96. The number of hydrogen-bond donors (Lipinski definition) is 2. The van der Waals surface area contributed by atoms with E-state index < -0.39 is 28.5 Å². The highest BCUT2D eigenvalue weighted by molar-refractivity contribution is 7.20. The number of aromatic nitrogens is 1. The van der Waals surface area contributed by atoms with Crippen LogP contribution in [-0.2, 0) is 6.18 Å². The Morgan fingerprint density at radius 1 is 1.35 bits per heavy atom. The minimum atomic E-state index is -4.60. The van der Waals surface area contributed by atoms with E-state index in [1.165, 1.54) is 0 Å². The van der Waals surface area contributed by atoms with Crippen molar-refractivity contribution in [3.8, 4) is 5.75 Å².